The van der Waals surface area contributed by atoms with Crippen LogP contribution in [0.3, 0.4) is 0 Å². The van der Waals surface area contributed by atoms with Crippen molar-refractivity contribution >= 4 is 11.6 Å². The summed E-state index contributed by atoms with van der Waals surface area (Å²) in [7, 11) is 0. The molecule has 0 spiro atoms. The number of hydrogen-bond acceptors (Lipinski definition) is 4. The minimum absolute atomic E-state index is 0.121. The van der Waals surface area contributed by atoms with E-state index in [0.717, 1.165) is 11.5 Å². The normalized spacial score (nSPS) is 16.2. The molecule has 88 valence electrons. The molecule has 1 aliphatic heterocycles. The Labute approximate surface area is 99.9 Å². The van der Waals surface area contributed by atoms with Gasteiger partial charge in [-0.15, -0.1) is 11.6 Å². The van der Waals surface area contributed by atoms with Crippen molar-refractivity contribution in [2.45, 2.75) is 31.7 Å². The summed E-state index contributed by atoms with van der Waals surface area (Å²) in [5, 5.41) is 0. The minimum atomic E-state index is 0.121. The summed E-state index contributed by atoms with van der Waals surface area (Å²) < 4.78 is 10.7. The van der Waals surface area contributed by atoms with Gasteiger partial charge in [0.05, 0.1) is 25.3 Å². The van der Waals surface area contributed by atoms with Crippen molar-refractivity contribution in [2.24, 2.45) is 0 Å². The predicted molar refractivity (Wildman–Crippen MR) is 60.9 cm³/mol. The second-order valence-corrected chi connectivity index (χ2v) is 4.37. The number of halogens is 1. The largest absolute Gasteiger partial charge is 0.482 e. The van der Waals surface area contributed by atoms with Gasteiger partial charge in [-0.05, 0) is 0 Å². The van der Waals surface area contributed by atoms with Crippen molar-refractivity contribution < 1.29 is 9.47 Å². The zero-order valence-corrected chi connectivity index (χ0v) is 10.2. The van der Waals surface area contributed by atoms with Gasteiger partial charge in [0, 0.05) is 5.92 Å². The lowest BCUT2D eigenvalue weighted by Crippen LogP contribution is -2.38. The highest BCUT2D eigenvalue weighted by Gasteiger charge is 2.22. The quantitative estimate of drug-likeness (QED) is 0.759. The van der Waals surface area contributed by atoms with Gasteiger partial charge >= 0.3 is 0 Å². The van der Waals surface area contributed by atoms with Crippen LogP contribution in [0.2, 0.25) is 0 Å². The first-order valence-corrected chi connectivity index (χ1v) is 5.90. The first kappa shape index (κ1) is 11.6. The average Bonchev–Trinajstić information content (AvgIpc) is 2.23. The first-order chi connectivity index (χ1) is 7.70. The Morgan fingerprint density at radius 1 is 1.56 bits per heavy atom. The van der Waals surface area contributed by atoms with E-state index in [9.17, 15) is 0 Å². The summed E-state index contributed by atoms with van der Waals surface area (Å²) in [6, 6.07) is 0. The topological polar surface area (TPSA) is 44.2 Å². The Morgan fingerprint density at radius 3 is 2.81 bits per heavy atom. The molecule has 0 saturated carbocycles. The number of aromatic nitrogens is 2. The SMILES string of the molecule is CC(C)c1ncc(OC2COC2)c(CCl)n1. The molecule has 4 nitrogen and oxygen atoms in total. The molecule has 2 rings (SSSR count). The third-order valence-electron chi connectivity index (χ3n) is 2.39. The highest BCUT2D eigenvalue weighted by atomic mass is 35.5. The van der Waals surface area contributed by atoms with Crippen LogP contribution in [0.25, 0.3) is 0 Å². The predicted octanol–water partition coefficient (Wildman–Crippen LogP) is 2.12. The first-order valence-electron chi connectivity index (χ1n) is 5.37. The zero-order chi connectivity index (χ0) is 11.5. The van der Waals surface area contributed by atoms with Gasteiger partial charge in [0.2, 0.25) is 0 Å². The fourth-order valence-electron chi connectivity index (χ4n) is 1.36. The van der Waals surface area contributed by atoms with Gasteiger partial charge in [0.25, 0.3) is 0 Å². The van der Waals surface area contributed by atoms with E-state index >= 15 is 0 Å². The van der Waals surface area contributed by atoms with Crippen LogP contribution in [0.4, 0.5) is 0 Å². The molecular weight excluding hydrogens is 228 g/mol. The van der Waals surface area contributed by atoms with Gasteiger partial charge in [-0.2, -0.15) is 0 Å². The maximum atomic E-state index is 5.85. The van der Waals surface area contributed by atoms with Crippen molar-refractivity contribution in [3.63, 3.8) is 0 Å². The maximum absolute atomic E-state index is 5.85. The molecule has 1 fully saturated rings. The lowest BCUT2D eigenvalue weighted by Gasteiger charge is -2.27. The van der Waals surface area contributed by atoms with Crippen LogP contribution < -0.4 is 4.74 Å². The summed E-state index contributed by atoms with van der Waals surface area (Å²) in [6.07, 6.45) is 1.83. The van der Waals surface area contributed by atoms with Gasteiger partial charge in [-0.1, -0.05) is 13.8 Å². The van der Waals surface area contributed by atoms with E-state index in [4.69, 9.17) is 21.1 Å². The van der Waals surface area contributed by atoms with Gasteiger partial charge in [-0.25, -0.2) is 9.97 Å². The molecule has 0 N–H and O–H groups in total. The molecule has 0 amide bonds. The van der Waals surface area contributed by atoms with Crippen LogP contribution >= 0.6 is 11.6 Å². The summed E-state index contributed by atoms with van der Waals surface area (Å²) in [6.45, 7) is 5.36. The van der Waals surface area contributed by atoms with Crippen molar-refractivity contribution in [3.05, 3.63) is 17.7 Å². The molecule has 0 aromatic carbocycles. The summed E-state index contributed by atoms with van der Waals surface area (Å²) in [5.41, 5.74) is 0.757. The lowest BCUT2D eigenvalue weighted by atomic mass is 10.2. The van der Waals surface area contributed by atoms with Crippen molar-refractivity contribution in [3.8, 4) is 5.75 Å². The Hall–Kier alpha value is -0.870. The molecule has 5 heteroatoms. The molecule has 2 heterocycles. The molecule has 0 unspecified atom stereocenters. The second kappa shape index (κ2) is 4.97. The highest BCUT2D eigenvalue weighted by molar-refractivity contribution is 6.17. The number of hydrogen-bond donors (Lipinski definition) is 0. The Kier molecular flexibility index (Phi) is 3.61. The van der Waals surface area contributed by atoms with Crippen LogP contribution in [-0.4, -0.2) is 29.3 Å². The third-order valence-corrected chi connectivity index (χ3v) is 2.65. The molecule has 1 aromatic heterocycles. The van der Waals surface area contributed by atoms with Crippen molar-refractivity contribution in [1.29, 1.82) is 0 Å². The Morgan fingerprint density at radius 2 is 2.31 bits per heavy atom. The van der Waals surface area contributed by atoms with Crippen molar-refractivity contribution in [2.75, 3.05) is 13.2 Å². The fraction of sp³-hybridized carbons (Fsp3) is 0.636. The third kappa shape index (κ3) is 2.44. The van der Waals surface area contributed by atoms with E-state index in [2.05, 4.69) is 9.97 Å². The second-order valence-electron chi connectivity index (χ2n) is 4.10. The Bertz CT molecular complexity index is 367. The van der Waals surface area contributed by atoms with Gasteiger partial charge in [0.15, 0.2) is 5.75 Å². The van der Waals surface area contributed by atoms with Crippen LogP contribution in [0.5, 0.6) is 5.75 Å². The maximum Gasteiger partial charge on any atom is 0.161 e. The van der Waals surface area contributed by atoms with E-state index in [1.54, 1.807) is 6.20 Å². The summed E-state index contributed by atoms with van der Waals surface area (Å²) in [4.78, 5) is 8.66. The number of alkyl halides is 1. The average molecular weight is 243 g/mol. The molecular formula is C11H15ClN2O2. The lowest BCUT2D eigenvalue weighted by molar-refractivity contribution is -0.0802. The van der Waals surface area contributed by atoms with Crippen LogP contribution in [-0.2, 0) is 10.6 Å². The van der Waals surface area contributed by atoms with E-state index in [0.29, 0.717) is 30.8 Å². The summed E-state index contributed by atoms with van der Waals surface area (Å²) >= 11 is 5.85. The van der Waals surface area contributed by atoms with Gasteiger partial charge < -0.3 is 9.47 Å². The summed E-state index contributed by atoms with van der Waals surface area (Å²) in [5.74, 6) is 2.11. The molecule has 16 heavy (non-hydrogen) atoms. The minimum Gasteiger partial charge on any atom is -0.482 e. The molecule has 0 atom stereocenters. The monoisotopic (exact) mass is 242 g/mol. The molecule has 0 aliphatic carbocycles. The van der Waals surface area contributed by atoms with Crippen LogP contribution in [0, 0.1) is 0 Å². The highest BCUT2D eigenvalue weighted by Crippen LogP contribution is 2.22. The van der Waals surface area contributed by atoms with Crippen LogP contribution in [0.15, 0.2) is 6.20 Å². The molecule has 1 aliphatic rings. The number of ether oxygens (including phenoxy) is 2. The van der Waals surface area contributed by atoms with Crippen LogP contribution in [0.1, 0.15) is 31.3 Å². The fourth-order valence-corrected chi connectivity index (χ4v) is 1.55. The van der Waals surface area contributed by atoms with Gasteiger partial charge in [0.1, 0.15) is 17.6 Å². The van der Waals surface area contributed by atoms with Crippen molar-refractivity contribution in [1.82, 2.24) is 9.97 Å². The zero-order valence-electron chi connectivity index (χ0n) is 9.44. The van der Waals surface area contributed by atoms with E-state index in [-0.39, 0.29) is 6.10 Å². The standard InChI is InChI=1S/C11H15ClN2O2/c1-7(2)11-13-4-10(9(3-12)14-11)16-8-5-15-6-8/h4,7-8H,3,5-6H2,1-2H3. The van der Waals surface area contributed by atoms with Gasteiger partial charge in [-0.3, -0.25) is 0 Å². The number of nitrogens with zero attached hydrogens (tertiary/aromatic N) is 2. The molecule has 0 radical (unpaired) electrons. The van der Waals surface area contributed by atoms with E-state index < -0.39 is 0 Å². The van der Waals surface area contributed by atoms with E-state index in [1.165, 1.54) is 0 Å². The Balaban J connectivity index is 2.16. The van der Waals surface area contributed by atoms with E-state index in [1.807, 2.05) is 13.8 Å². The molecule has 1 saturated heterocycles. The molecule has 1 aromatic rings. The number of rotatable bonds is 4. The smallest absolute Gasteiger partial charge is 0.161 e. The molecule has 0 bridgehead atoms.